The number of carbonyl (C=O) groups is 1. The molecule has 114 valence electrons. The van der Waals surface area contributed by atoms with Crippen LogP contribution < -0.4 is 9.47 Å². The molecule has 3 rings (SSSR count). The number of hydrogen-bond donors (Lipinski definition) is 0. The maximum Gasteiger partial charge on any atom is 0.343 e. The van der Waals surface area contributed by atoms with Crippen molar-refractivity contribution in [1.82, 2.24) is 0 Å². The summed E-state index contributed by atoms with van der Waals surface area (Å²) in [4.78, 5) is 12.0. The number of hydrogen-bond acceptors (Lipinski definition) is 3. The van der Waals surface area contributed by atoms with E-state index in [1.807, 2.05) is 42.5 Å². The Kier molecular flexibility index (Phi) is 4.69. The Morgan fingerprint density at radius 1 is 0.739 bits per heavy atom. The second-order valence-electron chi connectivity index (χ2n) is 5.00. The highest BCUT2D eigenvalue weighted by Gasteiger charge is 2.08. The first-order chi connectivity index (χ1) is 11.3. The van der Waals surface area contributed by atoms with Gasteiger partial charge in [0.05, 0.1) is 5.56 Å². The van der Waals surface area contributed by atoms with Crippen LogP contribution in [0.4, 0.5) is 0 Å². The summed E-state index contributed by atoms with van der Waals surface area (Å²) in [6.07, 6.45) is 0. The molecular weight excluding hydrogens is 288 g/mol. The van der Waals surface area contributed by atoms with Crippen molar-refractivity contribution >= 4 is 5.97 Å². The van der Waals surface area contributed by atoms with Crippen LogP contribution >= 0.6 is 0 Å². The van der Waals surface area contributed by atoms with Gasteiger partial charge in [0, 0.05) is 6.07 Å². The van der Waals surface area contributed by atoms with Gasteiger partial charge < -0.3 is 9.47 Å². The quantitative estimate of drug-likeness (QED) is 0.515. The maximum absolute atomic E-state index is 12.0. The van der Waals surface area contributed by atoms with Crippen molar-refractivity contribution in [2.75, 3.05) is 0 Å². The minimum Gasteiger partial charge on any atom is -0.489 e. The molecule has 0 amide bonds. The molecule has 3 nitrogen and oxygen atoms in total. The first-order valence-corrected chi connectivity index (χ1v) is 7.35. The molecule has 3 aromatic carbocycles. The molecule has 23 heavy (non-hydrogen) atoms. The Bertz CT molecular complexity index is 767. The summed E-state index contributed by atoms with van der Waals surface area (Å²) in [6, 6.07) is 25.9. The summed E-state index contributed by atoms with van der Waals surface area (Å²) in [5, 5.41) is 0. The molecule has 0 saturated heterocycles. The zero-order chi connectivity index (χ0) is 15.9. The first kappa shape index (κ1) is 14.9. The van der Waals surface area contributed by atoms with E-state index in [4.69, 9.17) is 9.47 Å². The van der Waals surface area contributed by atoms with Gasteiger partial charge in [0.15, 0.2) is 0 Å². The molecule has 0 radical (unpaired) electrons. The number of carbonyl (C=O) groups excluding carboxylic acids is 1. The Morgan fingerprint density at radius 3 is 2.13 bits per heavy atom. The predicted octanol–water partition coefficient (Wildman–Crippen LogP) is 4.48. The van der Waals surface area contributed by atoms with Crippen LogP contribution in [0.1, 0.15) is 15.9 Å². The zero-order valence-electron chi connectivity index (χ0n) is 12.5. The lowest BCUT2D eigenvalue weighted by Crippen LogP contribution is -2.08. The predicted molar refractivity (Wildman–Crippen MR) is 88.6 cm³/mol. The highest BCUT2D eigenvalue weighted by Crippen LogP contribution is 2.21. The third-order valence-electron chi connectivity index (χ3n) is 3.27. The van der Waals surface area contributed by atoms with Crippen LogP contribution in [0, 0.1) is 0 Å². The molecule has 0 aliphatic carbocycles. The molecule has 0 N–H and O–H groups in total. The van der Waals surface area contributed by atoms with Gasteiger partial charge in [-0.2, -0.15) is 0 Å². The van der Waals surface area contributed by atoms with Crippen LogP contribution in [0.3, 0.4) is 0 Å². The molecule has 0 unspecified atom stereocenters. The molecule has 0 atom stereocenters. The lowest BCUT2D eigenvalue weighted by Gasteiger charge is -2.09. The van der Waals surface area contributed by atoms with Gasteiger partial charge in [-0.05, 0) is 29.8 Å². The van der Waals surface area contributed by atoms with Crippen LogP contribution in [-0.4, -0.2) is 5.97 Å². The van der Waals surface area contributed by atoms with Crippen LogP contribution in [0.15, 0.2) is 84.9 Å². The van der Waals surface area contributed by atoms with E-state index in [1.165, 1.54) is 0 Å². The molecule has 0 aliphatic rings. The maximum atomic E-state index is 12.0. The van der Waals surface area contributed by atoms with Gasteiger partial charge in [-0.1, -0.05) is 54.6 Å². The third-order valence-corrected chi connectivity index (χ3v) is 3.27. The number of esters is 1. The average molecular weight is 304 g/mol. The lowest BCUT2D eigenvalue weighted by molar-refractivity contribution is 0.0734. The lowest BCUT2D eigenvalue weighted by atomic mass is 10.2. The fraction of sp³-hybridized carbons (Fsp3) is 0.0500. The summed E-state index contributed by atoms with van der Waals surface area (Å²) in [7, 11) is 0. The molecule has 3 heteroatoms. The number of ether oxygens (including phenoxy) is 2. The SMILES string of the molecule is O=C(Oc1cccc(OCc2ccccc2)c1)c1ccccc1. The summed E-state index contributed by atoms with van der Waals surface area (Å²) < 4.78 is 11.1. The second kappa shape index (κ2) is 7.27. The van der Waals surface area contributed by atoms with Gasteiger partial charge in [0.1, 0.15) is 18.1 Å². The smallest absolute Gasteiger partial charge is 0.343 e. The van der Waals surface area contributed by atoms with Gasteiger partial charge in [0.25, 0.3) is 0 Å². The average Bonchev–Trinajstić information content (AvgIpc) is 2.62. The Morgan fingerprint density at radius 2 is 1.39 bits per heavy atom. The van der Waals surface area contributed by atoms with Crippen LogP contribution in [0.2, 0.25) is 0 Å². The highest BCUT2D eigenvalue weighted by atomic mass is 16.5. The van der Waals surface area contributed by atoms with Gasteiger partial charge in [-0.3, -0.25) is 0 Å². The van der Waals surface area contributed by atoms with Crippen LogP contribution in [-0.2, 0) is 6.61 Å². The van der Waals surface area contributed by atoms with Crippen molar-refractivity contribution in [3.63, 3.8) is 0 Å². The summed E-state index contributed by atoms with van der Waals surface area (Å²) in [6.45, 7) is 0.469. The topological polar surface area (TPSA) is 35.5 Å². The number of benzene rings is 3. The molecule has 0 fully saturated rings. The molecular formula is C20H16O3. The second-order valence-corrected chi connectivity index (χ2v) is 5.00. The van der Waals surface area contributed by atoms with Crippen molar-refractivity contribution < 1.29 is 14.3 Å². The van der Waals surface area contributed by atoms with E-state index in [-0.39, 0.29) is 5.97 Å². The standard InChI is InChI=1S/C20H16O3/c21-20(17-10-5-2-6-11-17)23-19-13-7-12-18(14-19)22-15-16-8-3-1-4-9-16/h1-14H,15H2. The molecule has 0 spiro atoms. The Balaban J connectivity index is 1.64. The van der Waals surface area contributed by atoms with E-state index in [1.54, 1.807) is 42.5 Å². The minimum atomic E-state index is -0.384. The summed E-state index contributed by atoms with van der Waals surface area (Å²) >= 11 is 0. The van der Waals surface area contributed by atoms with E-state index in [9.17, 15) is 4.79 Å². The summed E-state index contributed by atoms with van der Waals surface area (Å²) in [5.74, 6) is 0.738. The first-order valence-electron chi connectivity index (χ1n) is 7.35. The highest BCUT2D eigenvalue weighted by molar-refractivity contribution is 5.90. The van der Waals surface area contributed by atoms with Crippen molar-refractivity contribution in [2.24, 2.45) is 0 Å². The van der Waals surface area contributed by atoms with Crippen molar-refractivity contribution in [3.05, 3.63) is 96.1 Å². The number of rotatable bonds is 5. The van der Waals surface area contributed by atoms with Crippen LogP contribution in [0.5, 0.6) is 11.5 Å². The van der Waals surface area contributed by atoms with Crippen molar-refractivity contribution in [1.29, 1.82) is 0 Å². The van der Waals surface area contributed by atoms with E-state index in [0.29, 0.717) is 23.7 Å². The van der Waals surface area contributed by atoms with E-state index in [0.717, 1.165) is 5.56 Å². The Hall–Kier alpha value is -3.07. The Labute approximate surface area is 135 Å². The van der Waals surface area contributed by atoms with Gasteiger partial charge in [-0.25, -0.2) is 4.79 Å². The normalized spacial score (nSPS) is 10.1. The fourth-order valence-electron chi connectivity index (χ4n) is 2.11. The molecule has 0 heterocycles. The van der Waals surface area contributed by atoms with E-state index >= 15 is 0 Å². The zero-order valence-corrected chi connectivity index (χ0v) is 12.5. The largest absolute Gasteiger partial charge is 0.489 e. The molecule has 3 aromatic rings. The van der Waals surface area contributed by atoms with Crippen LogP contribution in [0.25, 0.3) is 0 Å². The van der Waals surface area contributed by atoms with Crippen molar-refractivity contribution in [2.45, 2.75) is 6.61 Å². The van der Waals surface area contributed by atoms with Gasteiger partial charge in [-0.15, -0.1) is 0 Å². The van der Waals surface area contributed by atoms with E-state index in [2.05, 4.69) is 0 Å². The molecule has 0 aliphatic heterocycles. The summed E-state index contributed by atoms with van der Waals surface area (Å²) in [5.41, 5.74) is 1.60. The fourth-order valence-corrected chi connectivity index (χ4v) is 2.11. The minimum absolute atomic E-state index is 0.384. The van der Waals surface area contributed by atoms with Gasteiger partial charge in [0.2, 0.25) is 0 Å². The molecule has 0 bridgehead atoms. The molecule has 0 saturated carbocycles. The monoisotopic (exact) mass is 304 g/mol. The molecule has 0 aromatic heterocycles. The van der Waals surface area contributed by atoms with Gasteiger partial charge >= 0.3 is 5.97 Å². The van der Waals surface area contributed by atoms with E-state index < -0.39 is 0 Å². The van der Waals surface area contributed by atoms with Crippen molar-refractivity contribution in [3.8, 4) is 11.5 Å². The third kappa shape index (κ3) is 4.20.